The maximum absolute atomic E-state index is 11.8. The Morgan fingerprint density at radius 3 is 2.22 bits per heavy atom. The van der Waals surface area contributed by atoms with Crippen molar-refractivity contribution in [3.63, 3.8) is 0 Å². The summed E-state index contributed by atoms with van der Waals surface area (Å²) in [6.45, 7) is 9.29. The Hall–Kier alpha value is -2.04. The molecule has 1 fully saturated rings. The summed E-state index contributed by atoms with van der Waals surface area (Å²) < 4.78 is 4.70. The number of ether oxygens (including phenoxy) is 1. The highest BCUT2D eigenvalue weighted by Crippen LogP contribution is 2.36. The predicted octanol–water partition coefficient (Wildman–Crippen LogP) is 1.23. The third kappa shape index (κ3) is 3.23. The average Bonchev–Trinajstić information content (AvgIpc) is 3.09. The number of aliphatic imine (C=N–C) groups is 1. The first kappa shape index (κ1) is 14.0. The second-order valence-corrected chi connectivity index (χ2v) is 4.33. The Bertz CT molecular complexity index is 453. The summed E-state index contributed by atoms with van der Waals surface area (Å²) in [6, 6.07) is 0. The first-order chi connectivity index (χ1) is 8.38. The van der Waals surface area contributed by atoms with Crippen molar-refractivity contribution in [1.82, 2.24) is 0 Å². The number of esters is 1. The lowest BCUT2D eigenvalue weighted by Gasteiger charge is -2.11. The molecule has 5 heteroatoms. The summed E-state index contributed by atoms with van der Waals surface area (Å²) in [4.78, 5) is 16.0. The fourth-order valence-corrected chi connectivity index (χ4v) is 1.54. The number of carbonyl (C=O) groups is 1. The number of hydrogen-bond donors (Lipinski definition) is 2. The zero-order chi connectivity index (χ0) is 13.9. The van der Waals surface area contributed by atoms with Gasteiger partial charge in [-0.05, 0) is 25.3 Å². The molecule has 5 nitrogen and oxygen atoms in total. The second kappa shape index (κ2) is 5.53. The molecule has 1 aliphatic rings. The molecule has 0 spiro atoms. The van der Waals surface area contributed by atoms with Gasteiger partial charge in [-0.15, -0.1) is 0 Å². The Labute approximate surface area is 107 Å². The smallest absolute Gasteiger partial charge is 0.357 e. The van der Waals surface area contributed by atoms with Gasteiger partial charge in [-0.1, -0.05) is 13.2 Å². The number of allylic oxidation sites excluding steroid dienone is 2. The largest absolute Gasteiger partial charge is 0.464 e. The number of methoxy groups -OCH3 is 1. The monoisotopic (exact) mass is 249 g/mol. The van der Waals surface area contributed by atoms with Gasteiger partial charge < -0.3 is 16.2 Å². The van der Waals surface area contributed by atoms with E-state index in [1.54, 1.807) is 6.92 Å². The lowest BCUT2D eigenvalue weighted by Crippen LogP contribution is -2.25. The molecule has 0 atom stereocenters. The van der Waals surface area contributed by atoms with Crippen LogP contribution in [-0.2, 0) is 9.53 Å². The zero-order valence-electron chi connectivity index (χ0n) is 10.8. The van der Waals surface area contributed by atoms with E-state index in [4.69, 9.17) is 16.2 Å². The molecule has 0 aliphatic heterocycles. The first-order valence-electron chi connectivity index (χ1n) is 5.65. The molecule has 0 unspecified atom stereocenters. The van der Waals surface area contributed by atoms with Crippen LogP contribution in [0.15, 0.2) is 40.8 Å². The summed E-state index contributed by atoms with van der Waals surface area (Å²) in [5.41, 5.74) is 12.8. The van der Waals surface area contributed by atoms with Gasteiger partial charge in [0.2, 0.25) is 0 Å². The van der Waals surface area contributed by atoms with Crippen LogP contribution in [0.1, 0.15) is 19.8 Å². The molecule has 98 valence electrons. The van der Waals surface area contributed by atoms with Crippen LogP contribution in [0.25, 0.3) is 0 Å². The summed E-state index contributed by atoms with van der Waals surface area (Å²) in [7, 11) is 1.28. The lowest BCUT2D eigenvalue weighted by molar-refractivity contribution is -0.132. The Balaban J connectivity index is 3.19. The Morgan fingerprint density at radius 1 is 1.33 bits per heavy atom. The van der Waals surface area contributed by atoms with Gasteiger partial charge in [0.05, 0.1) is 7.11 Å². The van der Waals surface area contributed by atoms with E-state index in [-0.39, 0.29) is 11.5 Å². The summed E-state index contributed by atoms with van der Waals surface area (Å²) in [5, 5.41) is 0. The number of nitrogens with two attached hydrogens (primary N) is 2. The fourth-order valence-electron chi connectivity index (χ4n) is 1.54. The standard InChI is InChI=1S/C13H19N3O2/c1-7(2)10(12(14)15)11(13(17)18-4)16-8(3)9-5-6-9/h9H,1,3,5-6,14-15H2,2,4H3/b16-11+. The van der Waals surface area contributed by atoms with Gasteiger partial charge in [-0.25, -0.2) is 9.79 Å². The van der Waals surface area contributed by atoms with Gasteiger partial charge in [0.1, 0.15) is 5.82 Å². The normalized spacial score (nSPS) is 14.9. The van der Waals surface area contributed by atoms with E-state index in [1.165, 1.54) is 7.11 Å². The minimum absolute atomic E-state index is 0.00440. The van der Waals surface area contributed by atoms with Crippen molar-refractivity contribution in [3.8, 4) is 0 Å². The topological polar surface area (TPSA) is 90.7 Å². The van der Waals surface area contributed by atoms with E-state index in [1.807, 2.05) is 0 Å². The summed E-state index contributed by atoms with van der Waals surface area (Å²) >= 11 is 0. The highest BCUT2D eigenvalue weighted by Gasteiger charge is 2.27. The average molecular weight is 249 g/mol. The second-order valence-electron chi connectivity index (χ2n) is 4.33. The van der Waals surface area contributed by atoms with Gasteiger partial charge in [0.25, 0.3) is 0 Å². The van der Waals surface area contributed by atoms with Crippen molar-refractivity contribution in [1.29, 1.82) is 0 Å². The van der Waals surface area contributed by atoms with Crippen LogP contribution < -0.4 is 11.5 Å². The van der Waals surface area contributed by atoms with E-state index < -0.39 is 5.97 Å². The number of nitrogens with zero attached hydrogens (tertiary/aromatic N) is 1. The van der Waals surface area contributed by atoms with Crippen LogP contribution in [0, 0.1) is 5.92 Å². The van der Waals surface area contributed by atoms with Crippen molar-refractivity contribution in [2.24, 2.45) is 22.4 Å². The Kier molecular flexibility index (Phi) is 4.31. The van der Waals surface area contributed by atoms with E-state index in [0.717, 1.165) is 12.8 Å². The van der Waals surface area contributed by atoms with Gasteiger partial charge in [-0.3, -0.25) is 0 Å². The van der Waals surface area contributed by atoms with E-state index >= 15 is 0 Å². The zero-order valence-corrected chi connectivity index (χ0v) is 10.8. The molecule has 0 saturated heterocycles. The Morgan fingerprint density at radius 2 is 1.89 bits per heavy atom. The molecule has 0 aromatic carbocycles. The summed E-state index contributed by atoms with van der Waals surface area (Å²) in [5.74, 6) is -0.256. The molecule has 1 aliphatic carbocycles. The van der Waals surface area contributed by atoms with E-state index in [0.29, 0.717) is 22.8 Å². The highest BCUT2D eigenvalue weighted by atomic mass is 16.5. The van der Waals surface area contributed by atoms with E-state index in [9.17, 15) is 4.79 Å². The van der Waals surface area contributed by atoms with Crippen LogP contribution >= 0.6 is 0 Å². The summed E-state index contributed by atoms with van der Waals surface area (Å²) in [6.07, 6.45) is 2.09. The van der Waals surface area contributed by atoms with Crippen LogP contribution in [0.2, 0.25) is 0 Å². The van der Waals surface area contributed by atoms with E-state index in [2.05, 4.69) is 18.2 Å². The molecule has 0 heterocycles. The minimum Gasteiger partial charge on any atom is -0.464 e. The van der Waals surface area contributed by atoms with Gasteiger partial charge >= 0.3 is 5.97 Å². The molecule has 0 aromatic rings. The number of rotatable bonds is 5. The van der Waals surface area contributed by atoms with Crippen LogP contribution in [0.5, 0.6) is 0 Å². The maximum Gasteiger partial charge on any atom is 0.357 e. The molecule has 4 N–H and O–H groups in total. The quantitative estimate of drug-likeness (QED) is 0.435. The van der Waals surface area contributed by atoms with Gasteiger partial charge in [-0.2, -0.15) is 0 Å². The minimum atomic E-state index is -0.594. The number of carbonyl (C=O) groups excluding carboxylic acids is 1. The molecule has 1 saturated carbocycles. The molecule has 18 heavy (non-hydrogen) atoms. The van der Waals surface area contributed by atoms with Crippen molar-refractivity contribution >= 4 is 11.7 Å². The van der Waals surface area contributed by atoms with Gasteiger partial charge in [0.15, 0.2) is 5.71 Å². The van der Waals surface area contributed by atoms with Gasteiger partial charge in [0, 0.05) is 17.2 Å². The molecular weight excluding hydrogens is 230 g/mol. The van der Waals surface area contributed by atoms with Crippen molar-refractivity contribution in [2.45, 2.75) is 19.8 Å². The molecule has 0 radical (unpaired) electrons. The van der Waals surface area contributed by atoms with Crippen molar-refractivity contribution in [3.05, 3.63) is 35.8 Å². The maximum atomic E-state index is 11.8. The molecule has 1 rings (SSSR count). The highest BCUT2D eigenvalue weighted by molar-refractivity contribution is 6.44. The number of hydrogen-bond acceptors (Lipinski definition) is 5. The van der Waals surface area contributed by atoms with Crippen LogP contribution in [-0.4, -0.2) is 18.8 Å². The third-order valence-corrected chi connectivity index (χ3v) is 2.64. The lowest BCUT2D eigenvalue weighted by atomic mass is 10.0. The van der Waals surface area contributed by atoms with Crippen LogP contribution in [0.3, 0.4) is 0 Å². The molecule has 0 bridgehead atoms. The third-order valence-electron chi connectivity index (χ3n) is 2.64. The molecular formula is C13H19N3O2. The first-order valence-corrected chi connectivity index (χ1v) is 5.65. The SMILES string of the molecule is C=C(C)C(=C(N)N)/C(=N\C(=C)C1CC1)C(=O)OC. The molecule has 0 aromatic heterocycles. The fraction of sp³-hybridized carbons (Fsp3) is 0.385. The molecule has 0 amide bonds. The van der Waals surface area contributed by atoms with Crippen LogP contribution in [0.4, 0.5) is 0 Å². The van der Waals surface area contributed by atoms with Crippen molar-refractivity contribution < 1.29 is 9.53 Å². The van der Waals surface area contributed by atoms with Crippen molar-refractivity contribution in [2.75, 3.05) is 7.11 Å². The predicted molar refractivity (Wildman–Crippen MR) is 71.5 cm³/mol.